The molecule has 0 radical (unpaired) electrons. The molecule has 1 fully saturated rings. The van der Waals surface area contributed by atoms with E-state index >= 15 is 0 Å². The van der Waals surface area contributed by atoms with Crippen molar-refractivity contribution in [2.45, 2.75) is 44.7 Å². The summed E-state index contributed by atoms with van der Waals surface area (Å²) in [5.41, 5.74) is 4.33. The van der Waals surface area contributed by atoms with Gasteiger partial charge in [0.1, 0.15) is 11.5 Å². The standard InChI is InChI=1S/C25H28N6O2S/c1-15-13-20(21(32)14-34-25-27-26-23(28(25)4)18-11-12-18)16(2)30(15)22-17(3)29(5)31(24(22)33)19-9-7-6-8-10-19/h6-10,13,18H,11-12,14H2,1-5H3. The summed E-state index contributed by atoms with van der Waals surface area (Å²) in [7, 11) is 3.84. The maximum Gasteiger partial charge on any atom is 0.295 e. The molecule has 5 rings (SSSR count). The fourth-order valence-corrected chi connectivity index (χ4v) is 5.36. The summed E-state index contributed by atoms with van der Waals surface area (Å²) < 4.78 is 7.42. The van der Waals surface area contributed by atoms with E-state index in [9.17, 15) is 9.59 Å². The number of aryl methyl sites for hydroxylation is 1. The average molecular weight is 477 g/mol. The minimum absolute atomic E-state index is 0.0114. The van der Waals surface area contributed by atoms with Crippen molar-refractivity contribution in [1.82, 2.24) is 28.7 Å². The molecule has 0 atom stereocenters. The van der Waals surface area contributed by atoms with E-state index in [4.69, 9.17) is 0 Å². The number of hydrogen-bond donors (Lipinski definition) is 0. The first kappa shape index (κ1) is 22.5. The van der Waals surface area contributed by atoms with Crippen LogP contribution in [-0.4, -0.2) is 40.2 Å². The monoisotopic (exact) mass is 476 g/mol. The van der Waals surface area contributed by atoms with Crippen LogP contribution in [0.2, 0.25) is 0 Å². The van der Waals surface area contributed by atoms with Crippen molar-refractivity contribution in [3.8, 4) is 11.4 Å². The van der Waals surface area contributed by atoms with Gasteiger partial charge in [-0.2, -0.15) is 0 Å². The minimum atomic E-state index is -0.118. The fourth-order valence-electron chi connectivity index (χ4n) is 4.56. The Hall–Kier alpha value is -3.33. The van der Waals surface area contributed by atoms with E-state index in [2.05, 4.69) is 10.2 Å². The zero-order valence-corrected chi connectivity index (χ0v) is 20.9. The van der Waals surface area contributed by atoms with Crippen LogP contribution < -0.4 is 5.56 Å². The number of carbonyl (C=O) groups excluding carboxylic acids is 1. The van der Waals surface area contributed by atoms with Gasteiger partial charge in [0.2, 0.25) is 0 Å². The van der Waals surface area contributed by atoms with Gasteiger partial charge in [-0.25, -0.2) is 4.68 Å². The lowest BCUT2D eigenvalue weighted by Crippen LogP contribution is -2.22. The van der Waals surface area contributed by atoms with Crippen LogP contribution in [0.5, 0.6) is 0 Å². The molecule has 0 bridgehead atoms. The van der Waals surface area contributed by atoms with Gasteiger partial charge in [0.05, 0.1) is 17.1 Å². The third-order valence-electron chi connectivity index (χ3n) is 6.62. The number of ketones is 1. The second kappa shape index (κ2) is 8.47. The van der Waals surface area contributed by atoms with Crippen LogP contribution in [0.3, 0.4) is 0 Å². The molecule has 0 saturated heterocycles. The third-order valence-corrected chi connectivity index (χ3v) is 7.64. The number of para-hydroxylation sites is 1. The van der Waals surface area contributed by atoms with Gasteiger partial charge in [-0.1, -0.05) is 30.0 Å². The Morgan fingerprint density at radius 1 is 1.06 bits per heavy atom. The smallest absolute Gasteiger partial charge is 0.295 e. The fraction of sp³-hybridized carbons (Fsp3) is 0.360. The molecular formula is C25H28N6O2S. The number of aromatic nitrogens is 6. The van der Waals surface area contributed by atoms with Gasteiger partial charge in [0, 0.05) is 37.0 Å². The maximum absolute atomic E-state index is 13.5. The van der Waals surface area contributed by atoms with Crippen molar-refractivity contribution in [2.24, 2.45) is 14.1 Å². The molecule has 1 aromatic carbocycles. The number of nitrogens with zero attached hydrogens (tertiary/aromatic N) is 6. The first-order chi connectivity index (χ1) is 16.3. The van der Waals surface area contributed by atoms with E-state index in [1.54, 1.807) is 4.68 Å². The number of benzene rings is 1. The normalized spacial score (nSPS) is 13.6. The number of hydrogen-bond acceptors (Lipinski definition) is 5. The molecule has 0 aliphatic heterocycles. The highest BCUT2D eigenvalue weighted by molar-refractivity contribution is 7.99. The summed E-state index contributed by atoms with van der Waals surface area (Å²) in [6.07, 6.45) is 2.32. The lowest BCUT2D eigenvalue weighted by Gasteiger charge is -2.08. The third kappa shape index (κ3) is 3.64. The molecule has 4 aromatic rings. The molecule has 0 unspecified atom stereocenters. The highest BCUT2D eigenvalue weighted by Crippen LogP contribution is 2.39. The first-order valence-electron chi connectivity index (χ1n) is 11.4. The Morgan fingerprint density at radius 2 is 1.76 bits per heavy atom. The molecule has 0 amide bonds. The molecular weight excluding hydrogens is 448 g/mol. The molecule has 176 valence electrons. The predicted octanol–water partition coefficient (Wildman–Crippen LogP) is 3.87. The quantitative estimate of drug-likeness (QED) is 0.299. The summed E-state index contributed by atoms with van der Waals surface area (Å²) in [5.74, 6) is 1.79. The van der Waals surface area contributed by atoms with Crippen LogP contribution in [0.1, 0.15) is 52.0 Å². The van der Waals surface area contributed by atoms with E-state index in [1.807, 2.05) is 85.1 Å². The Bertz CT molecular complexity index is 1450. The average Bonchev–Trinajstić information content (AvgIpc) is 3.49. The van der Waals surface area contributed by atoms with Crippen molar-refractivity contribution in [3.63, 3.8) is 0 Å². The first-order valence-corrected chi connectivity index (χ1v) is 12.4. The Labute approximate surface area is 202 Å². The number of thioether (sulfide) groups is 1. The number of Topliss-reactive ketones (excluding diaryl/α,β-unsaturated/α-hetero) is 1. The number of rotatable bonds is 7. The van der Waals surface area contributed by atoms with Gasteiger partial charge in [0.15, 0.2) is 10.9 Å². The number of carbonyl (C=O) groups is 1. The molecule has 9 heteroatoms. The zero-order chi connectivity index (χ0) is 24.1. The molecule has 3 aromatic heterocycles. The van der Waals surface area contributed by atoms with Gasteiger partial charge in [0.25, 0.3) is 5.56 Å². The minimum Gasteiger partial charge on any atom is -0.311 e. The van der Waals surface area contributed by atoms with Crippen molar-refractivity contribution < 1.29 is 4.79 Å². The second-order valence-corrected chi connectivity index (χ2v) is 9.86. The van der Waals surface area contributed by atoms with E-state index in [-0.39, 0.29) is 17.1 Å². The van der Waals surface area contributed by atoms with Crippen molar-refractivity contribution >= 4 is 17.5 Å². The van der Waals surface area contributed by atoms with Crippen molar-refractivity contribution in [3.05, 3.63) is 75.2 Å². The van der Waals surface area contributed by atoms with Gasteiger partial charge in [-0.05, 0) is 51.8 Å². The molecule has 1 saturated carbocycles. The summed E-state index contributed by atoms with van der Waals surface area (Å²) in [6, 6.07) is 11.4. The van der Waals surface area contributed by atoms with Crippen LogP contribution in [0.4, 0.5) is 0 Å². The molecule has 3 heterocycles. The molecule has 34 heavy (non-hydrogen) atoms. The van der Waals surface area contributed by atoms with Crippen LogP contribution in [0, 0.1) is 20.8 Å². The van der Waals surface area contributed by atoms with Crippen LogP contribution in [0.25, 0.3) is 11.4 Å². The van der Waals surface area contributed by atoms with Crippen molar-refractivity contribution in [1.29, 1.82) is 0 Å². The predicted molar refractivity (Wildman–Crippen MR) is 133 cm³/mol. The largest absolute Gasteiger partial charge is 0.311 e. The SMILES string of the molecule is Cc1cc(C(=O)CSc2nnc(C3CC3)n2C)c(C)n1-c1c(C)n(C)n(-c2ccccc2)c1=O. The van der Waals surface area contributed by atoms with Gasteiger partial charge in [-0.3, -0.25) is 14.3 Å². The van der Waals surface area contributed by atoms with Crippen LogP contribution >= 0.6 is 11.8 Å². The van der Waals surface area contributed by atoms with Gasteiger partial charge < -0.3 is 9.13 Å². The maximum atomic E-state index is 13.5. The molecule has 8 nitrogen and oxygen atoms in total. The Morgan fingerprint density at radius 3 is 2.44 bits per heavy atom. The van der Waals surface area contributed by atoms with Crippen LogP contribution in [0.15, 0.2) is 46.3 Å². The molecule has 0 spiro atoms. The van der Waals surface area contributed by atoms with E-state index < -0.39 is 0 Å². The molecule has 1 aliphatic carbocycles. The van der Waals surface area contributed by atoms with Crippen LogP contribution in [-0.2, 0) is 14.1 Å². The molecule has 0 N–H and O–H groups in total. The van der Waals surface area contributed by atoms with Gasteiger partial charge >= 0.3 is 0 Å². The lowest BCUT2D eigenvalue weighted by molar-refractivity contribution is 0.102. The summed E-state index contributed by atoms with van der Waals surface area (Å²) in [4.78, 5) is 26.7. The molecule has 1 aliphatic rings. The van der Waals surface area contributed by atoms with E-state index in [0.717, 1.165) is 46.6 Å². The summed E-state index contributed by atoms with van der Waals surface area (Å²) >= 11 is 1.41. The topological polar surface area (TPSA) is 79.6 Å². The lowest BCUT2D eigenvalue weighted by atomic mass is 10.2. The Kier molecular flexibility index (Phi) is 5.59. The van der Waals surface area contributed by atoms with Crippen molar-refractivity contribution in [2.75, 3.05) is 5.75 Å². The summed E-state index contributed by atoms with van der Waals surface area (Å²) in [5, 5.41) is 9.33. The Balaban J connectivity index is 1.46. The second-order valence-electron chi connectivity index (χ2n) is 8.92. The highest BCUT2D eigenvalue weighted by atomic mass is 32.2. The summed E-state index contributed by atoms with van der Waals surface area (Å²) in [6.45, 7) is 5.76. The zero-order valence-electron chi connectivity index (χ0n) is 20.1. The van der Waals surface area contributed by atoms with E-state index in [0.29, 0.717) is 17.2 Å². The van der Waals surface area contributed by atoms with E-state index in [1.165, 1.54) is 11.8 Å². The highest BCUT2D eigenvalue weighted by Gasteiger charge is 2.29. The van der Waals surface area contributed by atoms with Gasteiger partial charge in [-0.15, -0.1) is 10.2 Å².